The van der Waals surface area contributed by atoms with Crippen LogP contribution in [0.2, 0.25) is 0 Å². The minimum absolute atomic E-state index is 0.615. The third kappa shape index (κ3) is 4.35. The second-order valence-corrected chi connectivity index (χ2v) is 7.61. The molecule has 0 unspecified atom stereocenters. The van der Waals surface area contributed by atoms with Gasteiger partial charge < -0.3 is 5.32 Å². The predicted molar refractivity (Wildman–Crippen MR) is 86.9 cm³/mol. The Morgan fingerprint density at radius 3 is 2.68 bits per heavy atom. The van der Waals surface area contributed by atoms with Gasteiger partial charge in [-0.1, -0.05) is 20.8 Å². The number of halogens is 1. The second kappa shape index (κ2) is 6.93. The smallest absolute Gasteiger partial charge is 0.144 e. The van der Waals surface area contributed by atoms with Crippen LogP contribution in [0, 0.1) is 0 Å². The van der Waals surface area contributed by atoms with E-state index in [1.807, 2.05) is 11.8 Å². The summed E-state index contributed by atoms with van der Waals surface area (Å²) in [4.78, 5) is 9.42. The Morgan fingerprint density at radius 1 is 1.37 bits per heavy atom. The van der Waals surface area contributed by atoms with E-state index in [1.54, 1.807) is 0 Å². The molecule has 1 heterocycles. The van der Waals surface area contributed by atoms with Crippen LogP contribution in [-0.2, 0) is 5.75 Å². The van der Waals surface area contributed by atoms with Gasteiger partial charge in [0.05, 0.1) is 15.9 Å². The van der Waals surface area contributed by atoms with E-state index < -0.39 is 0 Å². The Hall–Kier alpha value is -0.290. The molecule has 0 atom stereocenters. The van der Waals surface area contributed by atoms with Crippen LogP contribution in [0.15, 0.2) is 4.47 Å². The van der Waals surface area contributed by atoms with Gasteiger partial charge in [0, 0.05) is 12.5 Å². The van der Waals surface area contributed by atoms with Crippen molar-refractivity contribution >= 4 is 33.5 Å². The van der Waals surface area contributed by atoms with Crippen molar-refractivity contribution in [2.75, 3.05) is 11.9 Å². The lowest BCUT2D eigenvalue weighted by molar-refractivity contribution is 0.900. The zero-order chi connectivity index (χ0) is 13.8. The van der Waals surface area contributed by atoms with Crippen LogP contribution in [0.25, 0.3) is 0 Å². The van der Waals surface area contributed by atoms with Crippen LogP contribution < -0.4 is 5.32 Å². The van der Waals surface area contributed by atoms with E-state index >= 15 is 0 Å². The lowest BCUT2D eigenvalue weighted by Gasteiger charge is -2.13. The van der Waals surface area contributed by atoms with Crippen molar-refractivity contribution in [3.8, 4) is 0 Å². The van der Waals surface area contributed by atoms with E-state index in [0.29, 0.717) is 11.2 Å². The first kappa shape index (κ1) is 15.1. The summed E-state index contributed by atoms with van der Waals surface area (Å²) in [5, 5.41) is 4.02. The third-order valence-corrected chi connectivity index (χ3v) is 4.85. The molecule has 1 fully saturated rings. The Bertz CT molecular complexity index is 433. The molecule has 0 bridgehead atoms. The fourth-order valence-electron chi connectivity index (χ4n) is 1.81. The number of aromatic nitrogens is 2. The van der Waals surface area contributed by atoms with Crippen LogP contribution in [0.1, 0.15) is 57.5 Å². The normalized spacial score (nSPS) is 15.0. The number of anilines is 1. The molecule has 1 aromatic rings. The number of thioether (sulfide) groups is 1. The summed E-state index contributed by atoms with van der Waals surface area (Å²) < 4.78 is 1.07. The third-order valence-electron chi connectivity index (χ3n) is 2.98. The fraction of sp³-hybridized carbons (Fsp3) is 0.714. The van der Waals surface area contributed by atoms with Crippen LogP contribution >= 0.6 is 27.7 Å². The minimum atomic E-state index is 0.615. The summed E-state index contributed by atoms with van der Waals surface area (Å²) in [6.07, 6.45) is 3.63. The lowest BCUT2D eigenvalue weighted by atomic mass is 10.2. The molecule has 106 valence electrons. The highest BCUT2D eigenvalue weighted by molar-refractivity contribution is 9.10. The largest absolute Gasteiger partial charge is 0.369 e. The van der Waals surface area contributed by atoms with Gasteiger partial charge in [0.25, 0.3) is 0 Å². The first-order valence-electron chi connectivity index (χ1n) is 7.03. The van der Waals surface area contributed by atoms with Crippen molar-refractivity contribution in [2.45, 2.75) is 57.0 Å². The van der Waals surface area contributed by atoms with Gasteiger partial charge in [-0.15, -0.1) is 0 Å². The molecule has 19 heavy (non-hydrogen) atoms. The van der Waals surface area contributed by atoms with Crippen LogP contribution in [0.4, 0.5) is 5.82 Å². The lowest BCUT2D eigenvalue weighted by Crippen LogP contribution is -2.08. The van der Waals surface area contributed by atoms with Gasteiger partial charge in [-0.2, -0.15) is 11.8 Å². The van der Waals surface area contributed by atoms with Crippen LogP contribution in [0.3, 0.4) is 0 Å². The standard InChI is InChI=1S/C14H22BrN3S/c1-4-7-16-14-12(15)13(10-5-6-10)17-11(18-14)8-19-9(2)3/h9-10H,4-8H2,1-3H3,(H,16,17,18). The molecule has 0 saturated heterocycles. The zero-order valence-electron chi connectivity index (χ0n) is 11.9. The number of hydrogen-bond donors (Lipinski definition) is 1. The molecule has 1 aliphatic rings. The van der Waals surface area contributed by atoms with Gasteiger partial charge in [-0.05, 0) is 40.4 Å². The fourth-order valence-corrected chi connectivity index (χ4v) is 3.06. The maximum absolute atomic E-state index is 4.76. The number of nitrogens with zero attached hydrogens (tertiary/aromatic N) is 2. The number of rotatable bonds is 7. The highest BCUT2D eigenvalue weighted by Crippen LogP contribution is 2.44. The average molecular weight is 344 g/mol. The first-order valence-corrected chi connectivity index (χ1v) is 8.87. The molecule has 1 saturated carbocycles. The monoisotopic (exact) mass is 343 g/mol. The molecule has 0 spiro atoms. The molecule has 1 aliphatic carbocycles. The molecule has 1 aromatic heterocycles. The van der Waals surface area contributed by atoms with Crippen molar-refractivity contribution < 1.29 is 0 Å². The highest BCUT2D eigenvalue weighted by Gasteiger charge is 2.29. The van der Waals surface area contributed by atoms with Gasteiger partial charge >= 0.3 is 0 Å². The van der Waals surface area contributed by atoms with Gasteiger partial charge in [-0.3, -0.25) is 0 Å². The molecule has 1 N–H and O–H groups in total. The summed E-state index contributed by atoms with van der Waals surface area (Å²) in [6.45, 7) is 7.54. The quantitative estimate of drug-likeness (QED) is 0.786. The highest BCUT2D eigenvalue weighted by atomic mass is 79.9. The summed E-state index contributed by atoms with van der Waals surface area (Å²) >= 11 is 5.57. The second-order valence-electron chi connectivity index (χ2n) is 5.25. The molecule has 0 aromatic carbocycles. The summed E-state index contributed by atoms with van der Waals surface area (Å²) in [6, 6.07) is 0. The molecule has 5 heteroatoms. The van der Waals surface area contributed by atoms with E-state index in [0.717, 1.165) is 34.8 Å². The first-order chi connectivity index (χ1) is 9.11. The average Bonchev–Trinajstić information content (AvgIpc) is 3.20. The SMILES string of the molecule is CCCNc1nc(CSC(C)C)nc(C2CC2)c1Br. The Morgan fingerprint density at radius 2 is 2.11 bits per heavy atom. The van der Waals surface area contributed by atoms with Crippen molar-refractivity contribution in [3.05, 3.63) is 16.0 Å². The van der Waals surface area contributed by atoms with Crippen molar-refractivity contribution in [3.63, 3.8) is 0 Å². The van der Waals surface area contributed by atoms with E-state index in [4.69, 9.17) is 4.98 Å². The van der Waals surface area contributed by atoms with E-state index in [1.165, 1.54) is 18.5 Å². The maximum Gasteiger partial charge on any atom is 0.144 e. The van der Waals surface area contributed by atoms with Crippen molar-refractivity contribution in [2.24, 2.45) is 0 Å². The number of hydrogen-bond acceptors (Lipinski definition) is 4. The van der Waals surface area contributed by atoms with Gasteiger partial charge in [0.1, 0.15) is 11.6 Å². The minimum Gasteiger partial charge on any atom is -0.369 e. The van der Waals surface area contributed by atoms with Crippen molar-refractivity contribution in [1.29, 1.82) is 0 Å². The van der Waals surface area contributed by atoms with E-state index in [2.05, 4.69) is 47.0 Å². The predicted octanol–water partition coefficient (Wildman–Crippen LogP) is 4.58. The number of nitrogens with one attached hydrogen (secondary N) is 1. The molecular formula is C14H22BrN3S. The van der Waals surface area contributed by atoms with Crippen LogP contribution in [-0.4, -0.2) is 21.8 Å². The molecule has 0 amide bonds. The van der Waals surface area contributed by atoms with E-state index in [-0.39, 0.29) is 0 Å². The maximum atomic E-state index is 4.76. The summed E-state index contributed by atoms with van der Waals surface area (Å²) in [5.74, 6) is 3.47. The molecule has 0 radical (unpaired) electrons. The zero-order valence-corrected chi connectivity index (χ0v) is 14.3. The molecule has 0 aliphatic heterocycles. The van der Waals surface area contributed by atoms with Gasteiger partial charge in [0.2, 0.25) is 0 Å². The topological polar surface area (TPSA) is 37.8 Å². The Labute approximate surface area is 128 Å². The molecule has 2 rings (SSSR count). The van der Waals surface area contributed by atoms with Gasteiger partial charge in [-0.25, -0.2) is 9.97 Å². The summed E-state index contributed by atoms with van der Waals surface area (Å²) in [5.41, 5.74) is 1.20. The Kier molecular flexibility index (Phi) is 5.51. The van der Waals surface area contributed by atoms with Crippen LogP contribution in [0.5, 0.6) is 0 Å². The van der Waals surface area contributed by atoms with E-state index in [9.17, 15) is 0 Å². The van der Waals surface area contributed by atoms with Gasteiger partial charge in [0.15, 0.2) is 0 Å². The summed E-state index contributed by atoms with van der Waals surface area (Å²) in [7, 11) is 0. The molecule has 3 nitrogen and oxygen atoms in total. The van der Waals surface area contributed by atoms with Crippen molar-refractivity contribution in [1.82, 2.24) is 9.97 Å². The molecular weight excluding hydrogens is 322 g/mol. The Balaban J connectivity index is 2.20.